The van der Waals surface area contributed by atoms with Crippen LogP contribution in [0.5, 0.6) is 0 Å². The molecule has 0 spiro atoms. The zero-order valence-electron chi connectivity index (χ0n) is 15.6. The van der Waals surface area contributed by atoms with Gasteiger partial charge in [0.05, 0.1) is 17.6 Å². The highest BCUT2D eigenvalue weighted by atomic mass is 32.2. The van der Waals surface area contributed by atoms with E-state index in [-0.39, 0.29) is 23.0 Å². The average Bonchev–Trinajstić information content (AvgIpc) is 3.44. The number of esters is 1. The number of likely N-dealkylation sites (tertiary alicyclic amines) is 1. The van der Waals surface area contributed by atoms with E-state index >= 15 is 0 Å². The van der Waals surface area contributed by atoms with Gasteiger partial charge in [-0.15, -0.1) is 11.8 Å². The molecular weight excluding hydrogens is 396 g/mol. The summed E-state index contributed by atoms with van der Waals surface area (Å²) < 4.78 is 9.90. The minimum absolute atomic E-state index is 0.0194. The number of amides is 3. The monoisotopic (exact) mass is 416 g/mol. The molecule has 0 radical (unpaired) electrons. The molecule has 8 nitrogen and oxygen atoms in total. The second-order valence-corrected chi connectivity index (χ2v) is 7.32. The van der Waals surface area contributed by atoms with Gasteiger partial charge < -0.3 is 14.1 Å². The second-order valence-electron chi connectivity index (χ2n) is 6.30. The molecule has 0 aliphatic carbocycles. The van der Waals surface area contributed by atoms with E-state index in [1.165, 1.54) is 30.2 Å². The Kier molecular flexibility index (Phi) is 7.07. The second kappa shape index (κ2) is 9.92. The zero-order chi connectivity index (χ0) is 20.6. The fourth-order valence-corrected chi connectivity index (χ4v) is 3.74. The molecule has 1 fully saturated rings. The van der Waals surface area contributed by atoms with Crippen LogP contribution < -0.4 is 5.32 Å². The molecule has 1 saturated heterocycles. The van der Waals surface area contributed by atoms with E-state index in [1.807, 2.05) is 4.90 Å². The van der Waals surface area contributed by atoms with Crippen LogP contribution in [0.1, 0.15) is 33.8 Å². The highest BCUT2D eigenvalue weighted by molar-refractivity contribution is 8.00. The Morgan fingerprint density at radius 1 is 1.07 bits per heavy atom. The first-order chi connectivity index (χ1) is 14.0. The smallest absolute Gasteiger partial charge is 0.339 e. The van der Waals surface area contributed by atoms with Gasteiger partial charge in [0.15, 0.2) is 12.4 Å². The number of nitrogens with zero attached hydrogens (tertiary/aromatic N) is 1. The highest BCUT2D eigenvalue weighted by Crippen LogP contribution is 2.24. The number of imide groups is 1. The Morgan fingerprint density at radius 2 is 1.83 bits per heavy atom. The van der Waals surface area contributed by atoms with Crippen molar-refractivity contribution in [3.05, 3.63) is 54.0 Å². The molecule has 152 valence electrons. The molecule has 0 saturated carbocycles. The molecule has 0 atom stereocenters. The van der Waals surface area contributed by atoms with Gasteiger partial charge >= 0.3 is 5.97 Å². The first-order valence-corrected chi connectivity index (χ1v) is 10.1. The lowest BCUT2D eigenvalue weighted by atomic mass is 10.2. The molecule has 1 aliphatic rings. The Bertz CT molecular complexity index is 890. The first kappa shape index (κ1) is 20.7. The van der Waals surface area contributed by atoms with E-state index < -0.39 is 24.4 Å². The zero-order valence-corrected chi connectivity index (χ0v) is 16.4. The van der Waals surface area contributed by atoms with Gasteiger partial charge in [-0.05, 0) is 37.1 Å². The third-order valence-corrected chi connectivity index (χ3v) is 5.31. The minimum Gasteiger partial charge on any atom is -0.459 e. The molecule has 0 unspecified atom stereocenters. The number of rotatable bonds is 7. The number of thioether (sulfide) groups is 1. The summed E-state index contributed by atoms with van der Waals surface area (Å²) in [5, 5.41) is 2.07. The van der Waals surface area contributed by atoms with E-state index in [0.29, 0.717) is 4.90 Å². The van der Waals surface area contributed by atoms with Gasteiger partial charge in [-0.25, -0.2) is 4.79 Å². The van der Waals surface area contributed by atoms with Crippen molar-refractivity contribution >= 4 is 35.5 Å². The number of carbonyl (C=O) groups excluding carboxylic acids is 4. The summed E-state index contributed by atoms with van der Waals surface area (Å²) in [6.45, 7) is 0.931. The molecule has 1 aromatic carbocycles. The minimum atomic E-state index is -0.769. The molecule has 0 bridgehead atoms. The fraction of sp³-hybridized carbons (Fsp3) is 0.300. The van der Waals surface area contributed by atoms with Gasteiger partial charge in [0, 0.05) is 18.0 Å². The SMILES string of the molecule is O=C(COC(=O)c1ccccc1SCC(=O)N1CCCC1)NC(=O)c1ccco1. The summed E-state index contributed by atoms with van der Waals surface area (Å²) >= 11 is 1.25. The lowest BCUT2D eigenvalue weighted by Gasteiger charge is -2.15. The summed E-state index contributed by atoms with van der Waals surface area (Å²) in [6, 6.07) is 9.64. The lowest BCUT2D eigenvalue weighted by molar-refractivity contribution is -0.127. The van der Waals surface area contributed by atoms with Crippen LogP contribution >= 0.6 is 11.8 Å². The van der Waals surface area contributed by atoms with Crippen molar-refractivity contribution in [2.24, 2.45) is 0 Å². The first-order valence-electron chi connectivity index (χ1n) is 9.09. The van der Waals surface area contributed by atoms with Gasteiger partial charge in [-0.2, -0.15) is 0 Å². The van der Waals surface area contributed by atoms with Crippen LogP contribution in [-0.2, 0) is 14.3 Å². The predicted octanol–water partition coefficient (Wildman–Crippen LogP) is 2.11. The van der Waals surface area contributed by atoms with Gasteiger partial charge in [-0.1, -0.05) is 12.1 Å². The summed E-state index contributed by atoms with van der Waals surface area (Å²) in [6.07, 6.45) is 3.34. The molecule has 9 heteroatoms. The normalized spacial score (nSPS) is 13.2. The average molecular weight is 416 g/mol. The fourth-order valence-electron chi connectivity index (χ4n) is 2.80. The van der Waals surface area contributed by atoms with Gasteiger partial charge in [0.1, 0.15) is 0 Å². The highest BCUT2D eigenvalue weighted by Gasteiger charge is 2.20. The summed E-state index contributed by atoms with van der Waals surface area (Å²) in [5.74, 6) is -1.95. The van der Waals surface area contributed by atoms with Crippen LogP contribution in [0.2, 0.25) is 0 Å². The summed E-state index contributed by atoms with van der Waals surface area (Å²) in [7, 11) is 0. The molecule has 2 heterocycles. The summed E-state index contributed by atoms with van der Waals surface area (Å²) in [4.78, 5) is 50.6. The number of hydrogen-bond acceptors (Lipinski definition) is 7. The maximum absolute atomic E-state index is 12.4. The number of hydrogen-bond donors (Lipinski definition) is 1. The van der Waals surface area contributed by atoms with Crippen molar-refractivity contribution in [2.75, 3.05) is 25.4 Å². The van der Waals surface area contributed by atoms with Crippen molar-refractivity contribution < 1.29 is 28.3 Å². The van der Waals surface area contributed by atoms with E-state index in [4.69, 9.17) is 9.15 Å². The maximum atomic E-state index is 12.4. The summed E-state index contributed by atoms with van der Waals surface area (Å²) in [5.41, 5.74) is 0.261. The number of nitrogens with one attached hydrogen (secondary N) is 1. The van der Waals surface area contributed by atoms with E-state index in [9.17, 15) is 19.2 Å². The molecule has 1 aliphatic heterocycles. The van der Waals surface area contributed by atoms with Gasteiger partial charge in [0.25, 0.3) is 11.8 Å². The third-order valence-electron chi connectivity index (χ3n) is 4.25. The van der Waals surface area contributed by atoms with E-state index in [1.54, 1.807) is 24.3 Å². The maximum Gasteiger partial charge on any atom is 0.339 e. The topological polar surface area (TPSA) is 106 Å². The standard InChI is InChI=1S/C20H20N2O6S/c23-17(21-19(25)15-7-5-11-27-15)12-28-20(26)14-6-1-2-8-16(14)29-13-18(24)22-9-3-4-10-22/h1-2,5-8,11H,3-4,9-10,12-13H2,(H,21,23,25). The molecule has 3 rings (SSSR count). The molecule has 2 aromatic rings. The van der Waals surface area contributed by atoms with Crippen molar-refractivity contribution in [1.82, 2.24) is 10.2 Å². The number of benzene rings is 1. The number of furan rings is 1. The van der Waals surface area contributed by atoms with Crippen molar-refractivity contribution in [3.63, 3.8) is 0 Å². The van der Waals surface area contributed by atoms with Crippen molar-refractivity contribution in [1.29, 1.82) is 0 Å². The van der Waals surface area contributed by atoms with Crippen LogP contribution in [-0.4, -0.2) is 54.0 Å². The van der Waals surface area contributed by atoms with Gasteiger partial charge in [-0.3, -0.25) is 19.7 Å². The predicted molar refractivity (Wildman–Crippen MR) is 104 cm³/mol. The van der Waals surface area contributed by atoms with Crippen molar-refractivity contribution in [2.45, 2.75) is 17.7 Å². The molecule has 29 heavy (non-hydrogen) atoms. The van der Waals surface area contributed by atoms with E-state index in [2.05, 4.69) is 5.32 Å². The van der Waals surface area contributed by atoms with Gasteiger partial charge in [0.2, 0.25) is 5.91 Å². The van der Waals surface area contributed by atoms with Crippen LogP contribution in [0.3, 0.4) is 0 Å². The lowest BCUT2D eigenvalue weighted by Crippen LogP contribution is -2.34. The quantitative estimate of drug-likeness (QED) is 0.544. The van der Waals surface area contributed by atoms with Crippen molar-refractivity contribution in [3.8, 4) is 0 Å². The number of ether oxygens (including phenoxy) is 1. The molecule has 1 aromatic heterocycles. The van der Waals surface area contributed by atoms with Crippen LogP contribution in [0.4, 0.5) is 0 Å². The Morgan fingerprint density at radius 3 is 2.55 bits per heavy atom. The largest absolute Gasteiger partial charge is 0.459 e. The molecule has 3 amide bonds. The Hall–Kier alpha value is -3.07. The van der Waals surface area contributed by atoms with E-state index in [0.717, 1.165) is 25.9 Å². The third kappa shape index (κ3) is 5.71. The Labute approximate surface area is 171 Å². The molecular formula is C20H20N2O6S. The Balaban J connectivity index is 1.51. The van der Waals surface area contributed by atoms with Crippen LogP contribution in [0.25, 0.3) is 0 Å². The number of carbonyl (C=O) groups is 4. The van der Waals surface area contributed by atoms with Crippen LogP contribution in [0, 0.1) is 0 Å². The van der Waals surface area contributed by atoms with Crippen LogP contribution in [0.15, 0.2) is 52.0 Å². The molecule has 1 N–H and O–H groups in total.